The third-order valence-corrected chi connectivity index (χ3v) is 5.80. The van der Waals surface area contributed by atoms with Crippen molar-refractivity contribution in [2.45, 2.75) is 40.0 Å². The second-order valence-corrected chi connectivity index (χ2v) is 7.90. The number of benzene rings is 2. The normalized spacial score (nSPS) is 10.6. The molecule has 2 aromatic carbocycles. The van der Waals surface area contributed by atoms with Crippen LogP contribution >= 0.6 is 11.3 Å². The Morgan fingerprint density at radius 3 is 2.53 bits per heavy atom. The van der Waals surface area contributed by atoms with Crippen molar-refractivity contribution in [1.82, 2.24) is 4.98 Å². The molecule has 5 nitrogen and oxygen atoms in total. The number of nitrogens with zero attached hydrogens (tertiary/aromatic N) is 1. The Hall–Kier alpha value is -2.99. The van der Waals surface area contributed by atoms with E-state index < -0.39 is 5.97 Å². The van der Waals surface area contributed by atoms with Crippen molar-refractivity contribution in [2.24, 2.45) is 0 Å². The molecule has 1 aromatic heterocycles. The molecular weight excluding hydrogens is 396 g/mol. The highest BCUT2D eigenvalue weighted by Gasteiger charge is 2.14. The van der Waals surface area contributed by atoms with Gasteiger partial charge in [0.05, 0.1) is 12.1 Å². The van der Waals surface area contributed by atoms with E-state index in [-0.39, 0.29) is 18.9 Å². The summed E-state index contributed by atoms with van der Waals surface area (Å²) < 4.78 is 5.15. The number of aryl methyl sites for hydroxylation is 3. The Labute approximate surface area is 181 Å². The molecule has 0 atom stereocenters. The minimum atomic E-state index is -0.469. The van der Waals surface area contributed by atoms with Gasteiger partial charge in [0.2, 0.25) is 0 Å². The van der Waals surface area contributed by atoms with Crippen molar-refractivity contribution < 1.29 is 14.3 Å². The van der Waals surface area contributed by atoms with Crippen LogP contribution in [0.1, 0.15) is 36.2 Å². The highest BCUT2D eigenvalue weighted by molar-refractivity contribution is 7.13. The first kappa shape index (κ1) is 21.7. The lowest BCUT2D eigenvalue weighted by atomic mass is 10.1. The second-order valence-electron chi connectivity index (χ2n) is 7.04. The summed E-state index contributed by atoms with van der Waals surface area (Å²) >= 11 is 1.49. The van der Waals surface area contributed by atoms with E-state index in [4.69, 9.17) is 4.74 Å². The molecule has 30 heavy (non-hydrogen) atoms. The average molecular weight is 423 g/mol. The number of hydrogen-bond donors (Lipinski definition) is 1. The van der Waals surface area contributed by atoms with E-state index in [1.54, 1.807) is 0 Å². The van der Waals surface area contributed by atoms with Gasteiger partial charge in [-0.3, -0.25) is 9.59 Å². The van der Waals surface area contributed by atoms with Gasteiger partial charge in [-0.2, -0.15) is 0 Å². The van der Waals surface area contributed by atoms with Crippen molar-refractivity contribution in [3.05, 3.63) is 70.2 Å². The number of nitrogens with one attached hydrogen (secondary N) is 1. The van der Waals surface area contributed by atoms with Gasteiger partial charge in [0.15, 0.2) is 6.61 Å². The first-order chi connectivity index (χ1) is 14.5. The first-order valence-electron chi connectivity index (χ1n) is 10.1. The zero-order valence-corrected chi connectivity index (χ0v) is 18.3. The van der Waals surface area contributed by atoms with Gasteiger partial charge < -0.3 is 10.1 Å². The fourth-order valence-corrected chi connectivity index (χ4v) is 3.95. The van der Waals surface area contributed by atoms with Crippen LogP contribution in [0.25, 0.3) is 10.6 Å². The number of hydrogen-bond acceptors (Lipinski definition) is 5. The van der Waals surface area contributed by atoms with Crippen LogP contribution in [0.15, 0.2) is 47.8 Å². The molecule has 0 bridgehead atoms. The van der Waals surface area contributed by atoms with Gasteiger partial charge in [0.1, 0.15) is 5.01 Å². The van der Waals surface area contributed by atoms with E-state index in [0.29, 0.717) is 5.69 Å². The summed E-state index contributed by atoms with van der Waals surface area (Å²) in [5.74, 6) is -0.814. The van der Waals surface area contributed by atoms with Crippen LogP contribution in [0.2, 0.25) is 0 Å². The van der Waals surface area contributed by atoms with Crippen molar-refractivity contribution in [1.29, 1.82) is 0 Å². The number of esters is 1. The van der Waals surface area contributed by atoms with Crippen molar-refractivity contribution in [3.8, 4) is 10.6 Å². The summed E-state index contributed by atoms with van der Waals surface area (Å²) in [5.41, 5.74) is 5.77. The van der Waals surface area contributed by atoms with Gasteiger partial charge in [0, 0.05) is 16.6 Å². The Kier molecular flexibility index (Phi) is 7.36. The molecule has 0 aliphatic carbocycles. The summed E-state index contributed by atoms with van der Waals surface area (Å²) in [7, 11) is 0. The lowest BCUT2D eigenvalue weighted by molar-refractivity contribution is -0.146. The second kappa shape index (κ2) is 10.2. The minimum Gasteiger partial charge on any atom is -0.455 e. The van der Waals surface area contributed by atoms with Crippen LogP contribution in [0.5, 0.6) is 0 Å². The molecule has 1 amide bonds. The summed E-state index contributed by atoms with van der Waals surface area (Å²) in [4.78, 5) is 28.9. The van der Waals surface area contributed by atoms with Crippen molar-refractivity contribution in [2.75, 3.05) is 11.9 Å². The number of anilines is 1. The average Bonchev–Trinajstić information content (AvgIpc) is 3.22. The number of para-hydroxylation sites is 1. The van der Waals surface area contributed by atoms with Crippen LogP contribution in [-0.2, 0) is 33.6 Å². The van der Waals surface area contributed by atoms with Crippen molar-refractivity contribution >= 4 is 28.9 Å². The highest BCUT2D eigenvalue weighted by atomic mass is 32.1. The minimum absolute atomic E-state index is 0.0431. The number of amides is 1. The zero-order valence-electron chi connectivity index (χ0n) is 17.5. The maximum absolute atomic E-state index is 12.2. The molecule has 3 rings (SSSR count). The molecule has 156 valence electrons. The molecular formula is C24H26N2O3S. The molecule has 1 N–H and O–H groups in total. The molecule has 1 heterocycles. The van der Waals surface area contributed by atoms with E-state index >= 15 is 0 Å². The lowest BCUT2D eigenvalue weighted by Crippen LogP contribution is -2.22. The lowest BCUT2D eigenvalue weighted by Gasteiger charge is -2.13. The van der Waals surface area contributed by atoms with Gasteiger partial charge in [-0.1, -0.05) is 56.3 Å². The predicted molar refractivity (Wildman–Crippen MR) is 121 cm³/mol. The third kappa shape index (κ3) is 5.54. The SMILES string of the molecule is CCc1ccc(-c2nc(CC(=O)OCC(=O)Nc3c(C)cccc3CC)cs2)cc1. The predicted octanol–water partition coefficient (Wildman–Crippen LogP) is 4.97. The van der Waals surface area contributed by atoms with Crippen LogP contribution in [-0.4, -0.2) is 23.5 Å². The Morgan fingerprint density at radius 1 is 1.07 bits per heavy atom. The first-order valence-corrected chi connectivity index (χ1v) is 11.0. The molecule has 0 aliphatic heterocycles. The molecule has 0 radical (unpaired) electrons. The smallest absolute Gasteiger partial charge is 0.312 e. The number of carbonyl (C=O) groups excluding carboxylic acids is 2. The molecule has 6 heteroatoms. The van der Waals surface area contributed by atoms with Crippen LogP contribution in [0, 0.1) is 6.92 Å². The molecule has 0 saturated heterocycles. The summed E-state index contributed by atoms with van der Waals surface area (Å²) in [6, 6.07) is 14.1. The monoisotopic (exact) mass is 422 g/mol. The molecule has 3 aromatic rings. The molecule has 0 saturated carbocycles. The number of carbonyl (C=O) groups is 2. The van der Waals surface area contributed by atoms with E-state index in [9.17, 15) is 9.59 Å². The maximum atomic E-state index is 12.2. The zero-order chi connectivity index (χ0) is 21.5. The van der Waals surface area contributed by atoms with Gasteiger partial charge in [-0.15, -0.1) is 11.3 Å². The fourth-order valence-electron chi connectivity index (χ4n) is 3.13. The van der Waals surface area contributed by atoms with Gasteiger partial charge in [-0.05, 0) is 36.5 Å². The van der Waals surface area contributed by atoms with Gasteiger partial charge in [-0.25, -0.2) is 4.98 Å². The summed E-state index contributed by atoms with van der Waals surface area (Å²) in [6.45, 7) is 5.78. The largest absolute Gasteiger partial charge is 0.455 e. The number of ether oxygens (including phenoxy) is 1. The quantitative estimate of drug-likeness (QED) is 0.521. The molecule has 0 aliphatic rings. The summed E-state index contributed by atoms with van der Waals surface area (Å²) in [5, 5.41) is 5.57. The topological polar surface area (TPSA) is 68.3 Å². The van der Waals surface area contributed by atoms with Crippen molar-refractivity contribution in [3.63, 3.8) is 0 Å². The van der Waals surface area contributed by atoms with Crippen LogP contribution in [0.3, 0.4) is 0 Å². The molecule has 0 fully saturated rings. The standard InChI is InChI=1S/C24H26N2O3S/c1-4-17-9-11-19(12-10-17)24-25-20(15-30-24)13-22(28)29-14-21(27)26-23-16(3)7-6-8-18(23)5-2/h6-12,15H,4-5,13-14H2,1-3H3,(H,26,27). The number of rotatable bonds is 8. The van der Waals surface area contributed by atoms with E-state index in [1.807, 2.05) is 49.6 Å². The summed E-state index contributed by atoms with van der Waals surface area (Å²) in [6.07, 6.45) is 1.85. The highest BCUT2D eigenvalue weighted by Crippen LogP contribution is 2.24. The van der Waals surface area contributed by atoms with E-state index in [0.717, 1.165) is 40.2 Å². The van der Waals surface area contributed by atoms with Crippen LogP contribution in [0.4, 0.5) is 5.69 Å². The maximum Gasteiger partial charge on any atom is 0.312 e. The number of thiazole rings is 1. The fraction of sp³-hybridized carbons (Fsp3) is 0.292. The molecule has 0 unspecified atom stereocenters. The Balaban J connectivity index is 1.52. The Morgan fingerprint density at radius 2 is 1.83 bits per heavy atom. The van der Waals surface area contributed by atoms with Crippen LogP contribution < -0.4 is 5.32 Å². The number of aromatic nitrogens is 1. The van der Waals surface area contributed by atoms with Gasteiger partial charge in [0.25, 0.3) is 5.91 Å². The van der Waals surface area contributed by atoms with E-state index in [1.165, 1.54) is 16.9 Å². The van der Waals surface area contributed by atoms with Gasteiger partial charge >= 0.3 is 5.97 Å². The Bertz CT molecular complexity index is 1030. The molecule has 0 spiro atoms. The third-order valence-electron chi connectivity index (χ3n) is 4.85. The van der Waals surface area contributed by atoms with E-state index in [2.05, 4.69) is 29.4 Å².